The summed E-state index contributed by atoms with van der Waals surface area (Å²) in [5, 5.41) is 3.17. The number of nitrogens with zero attached hydrogens (tertiary/aromatic N) is 1. The van der Waals surface area contributed by atoms with Crippen molar-refractivity contribution in [3.63, 3.8) is 0 Å². The summed E-state index contributed by atoms with van der Waals surface area (Å²) in [6.07, 6.45) is 7.96. The molecule has 0 saturated heterocycles. The van der Waals surface area contributed by atoms with Crippen LogP contribution in [0.25, 0.3) is 0 Å². The molecule has 1 N–H and O–H groups in total. The number of carbonyl (C=O) groups excluding carboxylic acids is 5. The number of ketones is 1. The fourth-order valence-electron chi connectivity index (χ4n) is 4.63. The molecule has 1 aromatic heterocycles. The molecule has 1 aliphatic heterocycles. The van der Waals surface area contributed by atoms with Gasteiger partial charge in [0.15, 0.2) is 5.78 Å². The highest BCUT2D eigenvalue weighted by molar-refractivity contribution is 7.18. The molecule has 0 bridgehead atoms. The summed E-state index contributed by atoms with van der Waals surface area (Å²) in [4.78, 5) is 63.3. The van der Waals surface area contributed by atoms with E-state index in [1.165, 1.54) is 11.8 Å². The van der Waals surface area contributed by atoms with Gasteiger partial charge < -0.3 is 10.1 Å². The Morgan fingerprint density at radius 1 is 0.895 bits per heavy atom. The first kappa shape index (κ1) is 29.2. The van der Waals surface area contributed by atoms with Gasteiger partial charge in [-0.15, -0.1) is 11.3 Å². The molecule has 2 heterocycles. The quantitative estimate of drug-likeness (QED) is 0.125. The smallest absolute Gasteiger partial charge is 0.341 e. The Bertz CT molecular complexity index is 1170. The van der Waals surface area contributed by atoms with Gasteiger partial charge in [0.2, 0.25) is 5.91 Å². The van der Waals surface area contributed by atoms with Crippen LogP contribution < -0.4 is 5.32 Å². The number of nitrogens with one attached hydrogen (secondary N) is 1. The Morgan fingerprint density at radius 2 is 1.45 bits per heavy atom. The van der Waals surface area contributed by atoms with E-state index in [1.807, 2.05) is 0 Å². The number of unbranched alkanes of at least 4 members (excludes halogenated alkanes) is 7. The van der Waals surface area contributed by atoms with Crippen LogP contribution in [-0.4, -0.2) is 47.5 Å². The number of amides is 3. The van der Waals surface area contributed by atoms with E-state index in [2.05, 4.69) is 5.32 Å². The zero-order chi connectivity index (χ0) is 27.7. The lowest BCUT2D eigenvalue weighted by Crippen LogP contribution is -2.30. The lowest BCUT2D eigenvalue weighted by molar-refractivity contribution is -0.116. The summed E-state index contributed by atoms with van der Waals surface area (Å²) in [6, 6.07) is 6.95. The van der Waals surface area contributed by atoms with Gasteiger partial charge in [-0.2, -0.15) is 0 Å². The molecule has 9 heteroatoms. The van der Waals surface area contributed by atoms with Crippen LogP contribution in [0.4, 0.5) is 5.00 Å². The molecule has 204 valence electrons. The van der Waals surface area contributed by atoms with Crippen LogP contribution in [0.2, 0.25) is 0 Å². The van der Waals surface area contributed by atoms with Crippen molar-refractivity contribution in [1.82, 2.24) is 4.90 Å². The van der Waals surface area contributed by atoms with Gasteiger partial charge in [0.25, 0.3) is 11.8 Å². The molecule has 1 aliphatic rings. The monoisotopic (exact) mass is 540 g/mol. The number of anilines is 1. The summed E-state index contributed by atoms with van der Waals surface area (Å²) in [5.74, 6) is -1.25. The first-order chi connectivity index (χ1) is 18.3. The Kier molecular flexibility index (Phi) is 10.8. The van der Waals surface area contributed by atoms with Gasteiger partial charge in [-0.05, 0) is 51.3 Å². The fourth-order valence-corrected chi connectivity index (χ4v) is 5.74. The second kappa shape index (κ2) is 14.0. The van der Waals surface area contributed by atoms with Crippen LogP contribution in [0.1, 0.15) is 118 Å². The molecule has 0 atom stereocenters. The summed E-state index contributed by atoms with van der Waals surface area (Å²) < 4.78 is 5.11. The Balaban J connectivity index is 1.29. The van der Waals surface area contributed by atoms with Crippen LogP contribution in [0, 0.1) is 6.92 Å². The molecule has 0 aliphatic carbocycles. The van der Waals surface area contributed by atoms with Gasteiger partial charge in [0, 0.05) is 13.0 Å². The van der Waals surface area contributed by atoms with Crippen LogP contribution >= 0.6 is 11.3 Å². The zero-order valence-corrected chi connectivity index (χ0v) is 23.2. The summed E-state index contributed by atoms with van der Waals surface area (Å²) >= 11 is 1.12. The minimum atomic E-state index is -0.534. The number of thiophene rings is 1. The standard InChI is InChI=1S/C29H36N2O6S/c1-4-37-29(36)24-19(2)25(20(3)32)38-26(24)30-23(33)17-11-9-7-5-6-8-10-14-18-31-27(34)21-15-12-13-16-22(21)28(31)35/h12-13,15-16H,4-11,14,17-18H2,1-3H3,(H,30,33). The topological polar surface area (TPSA) is 110 Å². The SMILES string of the molecule is CCOC(=O)c1c(NC(=O)CCCCCCCCCCN2C(=O)c3ccccc3C2=O)sc(C(C)=O)c1C. The maximum atomic E-state index is 12.5. The molecule has 0 saturated carbocycles. The van der Waals surface area contributed by atoms with Crippen LogP contribution in [-0.2, 0) is 9.53 Å². The summed E-state index contributed by atoms with van der Waals surface area (Å²) in [5.41, 5.74) is 1.80. The van der Waals surface area contributed by atoms with Gasteiger partial charge in [-0.25, -0.2) is 4.79 Å². The molecule has 2 aromatic rings. The van der Waals surface area contributed by atoms with Crippen molar-refractivity contribution in [3.05, 3.63) is 51.4 Å². The number of rotatable bonds is 15. The van der Waals surface area contributed by atoms with Gasteiger partial charge in [0.05, 0.1) is 28.2 Å². The average molecular weight is 541 g/mol. The third kappa shape index (κ3) is 7.16. The normalized spacial score (nSPS) is 12.6. The van der Waals surface area contributed by atoms with Crippen molar-refractivity contribution in [2.75, 3.05) is 18.5 Å². The second-order valence-electron chi connectivity index (χ2n) is 9.47. The van der Waals surface area contributed by atoms with E-state index in [9.17, 15) is 24.0 Å². The van der Waals surface area contributed by atoms with Crippen molar-refractivity contribution in [2.24, 2.45) is 0 Å². The number of fused-ring (bicyclic) bond motifs is 1. The predicted octanol–water partition coefficient (Wildman–Crippen LogP) is 6.18. The zero-order valence-electron chi connectivity index (χ0n) is 22.4. The number of hydrogen-bond acceptors (Lipinski definition) is 7. The van der Waals surface area contributed by atoms with Gasteiger partial charge in [-0.1, -0.05) is 50.7 Å². The fraction of sp³-hybridized carbons (Fsp3) is 0.483. The van der Waals surface area contributed by atoms with E-state index in [0.717, 1.165) is 62.7 Å². The first-order valence-corrected chi connectivity index (χ1v) is 14.1. The maximum absolute atomic E-state index is 12.5. The maximum Gasteiger partial charge on any atom is 0.341 e. The molecule has 0 fully saturated rings. The van der Waals surface area contributed by atoms with Crippen LogP contribution in [0.5, 0.6) is 0 Å². The van der Waals surface area contributed by atoms with Crippen molar-refractivity contribution in [3.8, 4) is 0 Å². The van der Waals surface area contributed by atoms with E-state index in [-0.39, 0.29) is 35.7 Å². The largest absolute Gasteiger partial charge is 0.462 e. The number of benzene rings is 1. The van der Waals surface area contributed by atoms with E-state index in [0.29, 0.717) is 39.5 Å². The van der Waals surface area contributed by atoms with Crippen molar-refractivity contribution in [2.45, 2.75) is 78.6 Å². The van der Waals surface area contributed by atoms with Crippen LogP contribution in [0.3, 0.4) is 0 Å². The Hall–Kier alpha value is -3.33. The van der Waals surface area contributed by atoms with Gasteiger partial charge in [0.1, 0.15) is 5.00 Å². The highest BCUT2D eigenvalue weighted by atomic mass is 32.1. The second-order valence-corrected chi connectivity index (χ2v) is 10.5. The van der Waals surface area contributed by atoms with Crippen molar-refractivity contribution < 1.29 is 28.7 Å². The molecule has 0 unspecified atom stereocenters. The Morgan fingerprint density at radius 3 is 2.00 bits per heavy atom. The molecule has 1 aromatic carbocycles. The third-order valence-electron chi connectivity index (χ3n) is 6.61. The first-order valence-electron chi connectivity index (χ1n) is 13.3. The Labute approximate surface area is 227 Å². The minimum absolute atomic E-state index is 0.151. The van der Waals surface area contributed by atoms with E-state index >= 15 is 0 Å². The number of hydrogen-bond donors (Lipinski definition) is 1. The molecular weight excluding hydrogens is 504 g/mol. The minimum Gasteiger partial charge on any atom is -0.462 e. The predicted molar refractivity (Wildman–Crippen MR) is 147 cm³/mol. The number of carbonyl (C=O) groups is 5. The van der Waals surface area contributed by atoms with Crippen LogP contribution in [0.15, 0.2) is 24.3 Å². The highest BCUT2D eigenvalue weighted by Gasteiger charge is 2.34. The lowest BCUT2D eigenvalue weighted by Gasteiger charge is -2.13. The molecule has 8 nitrogen and oxygen atoms in total. The lowest BCUT2D eigenvalue weighted by atomic mass is 10.1. The summed E-state index contributed by atoms with van der Waals surface area (Å²) in [7, 11) is 0. The number of imide groups is 1. The molecule has 38 heavy (non-hydrogen) atoms. The van der Waals surface area contributed by atoms with Crippen molar-refractivity contribution in [1.29, 1.82) is 0 Å². The molecule has 0 radical (unpaired) electrons. The average Bonchev–Trinajstić information content (AvgIpc) is 3.34. The number of ether oxygens (including phenoxy) is 1. The van der Waals surface area contributed by atoms with Gasteiger partial charge in [-0.3, -0.25) is 24.1 Å². The van der Waals surface area contributed by atoms with Crippen molar-refractivity contribution >= 4 is 45.8 Å². The molecule has 3 amide bonds. The van der Waals surface area contributed by atoms with E-state index in [4.69, 9.17) is 4.74 Å². The van der Waals surface area contributed by atoms with E-state index in [1.54, 1.807) is 38.1 Å². The molecular formula is C29H36N2O6S. The van der Waals surface area contributed by atoms with Gasteiger partial charge >= 0.3 is 5.97 Å². The number of Topliss-reactive ketones (excluding diaryl/α,β-unsaturated/α-hetero) is 1. The number of esters is 1. The highest BCUT2D eigenvalue weighted by Crippen LogP contribution is 2.34. The summed E-state index contributed by atoms with van der Waals surface area (Å²) in [6.45, 7) is 5.51. The third-order valence-corrected chi connectivity index (χ3v) is 7.92. The van der Waals surface area contributed by atoms with E-state index < -0.39 is 5.97 Å². The molecule has 0 spiro atoms. The molecule has 3 rings (SSSR count).